The summed E-state index contributed by atoms with van der Waals surface area (Å²) in [5, 5.41) is 3.10. The molecule has 0 N–H and O–H groups in total. The molecule has 0 spiro atoms. The number of hydrogen-bond donors (Lipinski definition) is 0. The Morgan fingerprint density at radius 3 is 1.17 bits per heavy atom. The van der Waals surface area contributed by atoms with Crippen LogP contribution in [0.5, 0.6) is 0 Å². The predicted molar refractivity (Wildman–Crippen MR) is 74.3 cm³/mol. The van der Waals surface area contributed by atoms with E-state index in [2.05, 4.69) is 48.2 Å². The minimum absolute atomic E-state index is 1.09. The number of nitrogens with zero attached hydrogens (tertiary/aromatic N) is 2. The quantitative estimate of drug-likeness (QED) is 0.696. The van der Waals surface area contributed by atoms with Crippen molar-refractivity contribution in [2.24, 2.45) is 0 Å². The Kier molecular flexibility index (Phi) is 2.08. The van der Waals surface area contributed by atoms with Gasteiger partial charge >= 0.3 is 0 Å². The van der Waals surface area contributed by atoms with E-state index in [9.17, 15) is 0 Å². The van der Waals surface area contributed by atoms with Crippen LogP contribution in [-0.2, 0) is 26.2 Å². The SMILES string of the molecule is CN1Cc2ccc3c4c(ccc(c24)C1)CN(C)C3. The lowest BCUT2D eigenvalue weighted by Crippen LogP contribution is -2.26. The van der Waals surface area contributed by atoms with Gasteiger partial charge in [-0.15, -0.1) is 0 Å². The topological polar surface area (TPSA) is 6.48 Å². The van der Waals surface area contributed by atoms with Gasteiger partial charge in [0.15, 0.2) is 0 Å². The maximum Gasteiger partial charge on any atom is 0.0240 e. The van der Waals surface area contributed by atoms with Gasteiger partial charge in [-0.05, 0) is 47.1 Å². The summed E-state index contributed by atoms with van der Waals surface area (Å²) in [6, 6.07) is 9.33. The largest absolute Gasteiger partial charge is 0.298 e. The van der Waals surface area contributed by atoms with Gasteiger partial charge in [0.25, 0.3) is 0 Å². The molecule has 0 unspecified atom stereocenters. The van der Waals surface area contributed by atoms with E-state index in [1.165, 1.54) is 22.3 Å². The van der Waals surface area contributed by atoms with Gasteiger partial charge in [0.05, 0.1) is 0 Å². The molecule has 0 atom stereocenters. The second-order valence-corrected chi connectivity index (χ2v) is 5.86. The summed E-state index contributed by atoms with van der Waals surface area (Å²) in [6.45, 7) is 4.35. The normalized spacial score (nSPS) is 19.4. The molecule has 0 aliphatic carbocycles. The molecule has 2 aromatic rings. The molecule has 0 bridgehead atoms. The average molecular weight is 238 g/mol. The molecule has 0 saturated carbocycles. The first-order valence-electron chi connectivity index (χ1n) is 6.64. The maximum atomic E-state index is 2.40. The number of benzene rings is 2. The first-order chi connectivity index (χ1) is 8.72. The average Bonchev–Trinajstić information content (AvgIpc) is 2.34. The summed E-state index contributed by atoms with van der Waals surface area (Å²) in [4.78, 5) is 4.79. The van der Waals surface area contributed by atoms with E-state index in [1.54, 1.807) is 10.8 Å². The molecule has 2 aromatic carbocycles. The second-order valence-electron chi connectivity index (χ2n) is 5.86. The van der Waals surface area contributed by atoms with Crippen LogP contribution in [-0.4, -0.2) is 23.9 Å². The lowest BCUT2D eigenvalue weighted by molar-refractivity contribution is 0.307. The highest BCUT2D eigenvalue weighted by atomic mass is 15.1. The van der Waals surface area contributed by atoms with Crippen molar-refractivity contribution in [2.45, 2.75) is 26.2 Å². The molecule has 0 saturated heterocycles. The van der Waals surface area contributed by atoms with E-state index in [0.29, 0.717) is 0 Å². The van der Waals surface area contributed by atoms with Crippen LogP contribution in [0.3, 0.4) is 0 Å². The fourth-order valence-electron chi connectivity index (χ4n) is 3.59. The van der Waals surface area contributed by atoms with Gasteiger partial charge in [-0.1, -0.05) is 24.3 Å². The molecule has 4 rings (SSSR count). The molecular formula is C16H18N2. The van der Waals surface area contributed by atoms with Crippen LogP contribution in [0.15, 0.2) is 24.3 Å². The van der Waals surface area contributed by atoms with Crippen molar-refractivity contribution in [3.8, 4) is 0 Å². The van der Waals surface area contributed by atoms with Gasteiger partial charge in [-0.3, -0.25) is 9.80 Å². The minimum Gasteiger partial charge on any atom is -0.298 e. The molecule has 2 nitrogen and oxygen atoms in total. The van der Waals surface area contributed by atoms with Gasteiger partial charge in [0.1, 0.15) is 0 Å². The third kappa shape index (κ3) is 1.36. The summed E-state index contributed by atoms with van der Waals surface area (Å²) < 4.78 is 0. The van der Waals surface area contributed by atoms with Crippen molar-refractivity contribution in [3.63, 3.8) is 0 Å². The highest BCUT2D eigenvalue weighted by Crippen LogP contribution is 2.36. The van der Waals surface area contributed by atoms with E-state index in [0.717, 1.165) is 26.2 Å². The van der Waals surface area contributed by atoms with Gasteiger partial charge in [-0.25, -0.2) is 0 Å². The van der Waals surface area contributed by atoms with E-state index in [4.69, 9.17) is 0 Å². The van der Waals surface area contributed by atoms with Crippen LogP contribution in [0, 0.1) is 0 Å². The zero-order chi connectivity index (χ0) is 12.3. The monoisotopic (exact) mass is 238 g/mol. The van der Waals surface area contributed by atoms with E-state index >= 15 is 0 Å². The van der Waals surface area contributed by atoms with Crippen molar-refractivity contribution < 1.29 is 0 Å². The maximum absolute atomic E-state index is 2.40. The van der Waals surface area contributed by atoms with Crippen LogP contribution in [0.1, 0.15) is 22.3 Å². The fourth-order valence-corrected chi connectivity index (χ4v) is 3.59. The zero-order valence-corrected chi connectivity index (χ0v) is 11.0. The molecule has 0 amide bonds. The van der Waals surface area contributed by atoms with Gasteiger partial charge < -0.3 is 0 Å². The molecule has 2 aliphatic rings. The van der Waals surface area contributed by atoms with E-state index < -0.39 is 0 Å². The highest BCUT2D eigenvalue weighted by Gasteiger charge is 2.22. The van der Waals surface area contributed by atoms with Crippen molar-refractivity contribution in [1.29, 1.82) is 0 Å². The van der Waals surface area contributed by atoms with Crippen molar-refractivity contribution in [1.82, 2.24) is 9.80 Å². The molecule has 0 aromatic heterocycles. The molecule has 2 heteroatoms. The van der Waals surface area contributed by atoms with Crippen molar-refractivity contribution >= 4 is 10.8 Å². The summed E-state index contributed by atoms with van der Waals surface area (Å²) in [7, 11) is 4.41. The second kappa shape index (κ2) is 3.56. The van der Waals surface area contributed by atoms with Gasteiger partial charge in [0.2, 0.25) is 0 Å². The molecule has 2 heterocycles. The summed E-state index contributed by atoms with van der Waals surface area (Å²) in [5.41, 5.74) is 6.01. The lowest BCUT2D eigenvalue weighted by atomic mass is 9.87. The molecule has 92 valence electrons. The summed E-state index contributed by atoms with van der Waals surface area (Å²) in [6.07, 6.45) is 0. The van der Waals surface area contributed by atoms with Crippen LogP contribution in [0.25, 0.3) is 10.8 Å². The van der Waals surface area contributed by atoms with Crippen molar-refractivity contribution in [3.05, 3.63) is 46.5 Å². The molecule has 18 heavy (non-hydrogen) atoms. The lowest BCUT2D eigenvalue weighted by Gasteiger charge is -2.31. The highest BCUT2D eigenvalue weighted by molar-refractivity contribution is 5.95. The summed E-state index contributed by atoms with van der Waals surface area (Å²) >= 11 is 0. The predicted octanol–water partition coefficient (Wildman–Crippen LogP) is 2.73. The Labute approximate surface area is 108 Å². The Morgan fingerprint density at radius 1 is 0.611 bits per heavy atom. The third-order valence-electron chi connectivity index (χ3n) is 4.27. The standard InChI is InChI=1S/C16H18N2/c1-17-7-11-3-5-13-9-18(2)10-14-6-4-12(8-17)15(11)16(13)14/h3-6H,7-10H2,1-2H3. The molecular weight excluding hydrogens is 220 g/mol. The van der Waals surface area contributed by atoms with Crippen LogP contribution < -0.4 is 0 Å². The van der Waals surface area contributed by atoms with Crippen LogP contribution in [0.2, 0.25) is 0 Å². The first kappa shape index (κ1) is 10.5. The van der Waals surface area contributed by atoms with E-state index in [1.807, 2.05) is 0 Å². The fraction of sp³-hybridized carbons (Fsp3) is 0.375. The molecule has 0 radical (unpaired) electrons. The van der Waals surface area contributed by atoms with Crippen molar-refractivity contribution in [2.75, 3.05) is 14.1 Å². The van der Waals surface area contributed by atoms with Gasteiger partial charge in [0, 0.05) is 26.2 Å². The minimum atomic E-state index is 1.09. The Hall–Kier alpha value is -1.38. The Bertz CT molecular complexity index is 538. The smallest absolute Gasteiger partial charge is 0.0240 e. The third-order valence-corrected chi connectivity index (χ3v) is 4.27. The molecule has 0 fully saturated rings. The van der Waals surface area contributed by atoms with Crippen LogP contribution >= 0.6 is 0 Å². The zero-order valence-electron chi connectivity index (χ0n) is 11.0. The van der Waals surface area contributed by atoms with Gasteiger partial charge in [-0.2, -0.15) is 0 Å². The Morgan fingerprint density at radius 2 is 0.889 bits per heavy atom. The molecule has 2 aliphatic heterocycles. The first-order valence-corrected chi connectivity index (χ1v) is 6.64. The Balaban J connectivity index is 2.09. The number of rotatable bonds is 0. The van der Waals surface area contributed by atoms with E-state index in [-0.39, 0.29) is 0 Å². The van der Waals surface area contributed by atoms with Crippen LogP contribution in [0.4, 0.5) is 0 Å². The summed E-state index contributed by atoms with van der Waals surface area (Å²) in [5.74, 6) is 0. The number of hydrogen-bond acceptors (Lipinski definition) is 2.